The molecule has 2 heterocycles. The first-order chi connectivity index (χ1) is 17.8. The zero-order valence-electron chi connectivity index (χ0n) is 21.8. The molecule has 0 aliphatic carbocycles. The van der Waals surface area contributed by atoms with E-state index in [1.54, 1.807) is 0 Å². The lowest BCUT2D eigenvalue weighted by Crippen LogP contribution is -2.48. The minimum absolute atomic E-state index is 0.0965. The van der Waals surface area contributed by atoms with Crippen LogP contribution in [0.4, 0.5) is 10.5 Å². The van der Waals surface area contributed by atoms with E-state index in [0.717, 1.165) is 41.1 Å². The molecule has 0 aromatic heterocycles. The van der Waals surface area contributed by atoms with Crippen molar-refractivity contribution in [2.75, 3.05) is 18.4 Å². The number of hydroxylamine groups is 1. The molecule has 1 saturated heterocycles. The average molecular weight is 498 g/mol. The SMILES string of the molecule is CC(C)(C)c1ccc(C2=CC3(CCN(C(=O)Nc4ccc(OCc5ccccc5)cc4)CC3)ON2)cc1. The topological polar surface area (TPSA) is 62.8 Å². The lowest BCUT2D eigenvalue weighted by molar-refractivity contribution is -0.0634. The number of hydrogen-bond acceptors (Lipinski definition) is 4. The first-order valence-electron chi connectivity index (χ1n) is 12.9. The van der Waals surface area contributed by atoms with E-state index in [1.807, 2.05) is 59.5 Å². The van der Waals surface area contributed by atoms with Gasteiger partial charge in [0.15, 0.2) is 0 Å². The van der Waals surface area contributed by atoms with Crippen LogP contribution in [0.3, 0.4) is 0 Å². The molecule has 37 heavy (non-hydrogen) atoms. The summed E-state index contributed by atoms with van der Waals surface area (Å²) in [5.74, 6) is 0.767. The molecule has 0 bridgehead atoms. The molecule has 3 aromatic carbocycles. The second-order valence-corrected chi connectivity index (χ2v) is 10.9. The molecule has 192 valence electrons. The van der Waals surface area contributed by atoms with Crippen molar-refractivity contribution in [3.63, 3.8) is 0 Å². The summed E-state index contributed by atoms with van der Waals surface area (Å²) in [7, 11) is 0. The molecule has 3 aromatic rings. The third kappa shape index (κ3) is 5.97. The molecule has 1 fully saturated rings. The summed E-state index contributed by atoms with van der Waals surface area (Å²) >= 11 is 0. The maximum Gasteiger partial charge on any atom is 0.321 e. The van der Waals surface area contributed by atoms with E-state index in [2.05, 4.69) is 61.9 Å². The Morgan fingerprint density at radius 1 is 0.973 bits per heavy atom. The van der Waals surface area contributed by atoms with E-state index >= 15 is 0 Å². The summed E-state index contributed by atoms with van der Waals surface area (Å²) < 4.78 is 5.83. The molecule has 2 N–H and O–H groups in total. The summed E-state index contributed by atoms with van der Waals surface area (Å²) in [5, 5.41) is 3.00. The Morgan fingerprint density at radius 3 is 2.30 bits per heavy atom. The Labute approximate surface area is 219 Å². The van der Waals surface area contributed by atoms with Gasteiger partial charge in [0.2, 0.25) is 0 Å². The van der Waals surface area contributed by atoms with E-state index in [1.165, 1.54) is 5.56 Å². The van der Waals surface area contributed by atoms with E-state index < -0.39 is 0 Å². The van der Waals surface area contributed by atoms with Gasteiger partial charge in [0.25, 0.3) is 0 Å². The van der Waals surface area contributed by atoms with Gasteiger partial charge in [-0.15, -0.1) is 0 Å². The van der Waals surface area contributed by atoms with Crippen molar-refractivity contribution in [3.8, 4) is 5.75 Å². The molecular formula is C31H35N3O3. The number of nitrogens with zero attached hydrogens (tertiary/aromatic N) is 1. The van der Waals surface area contributed by atoms with Gasteiger partial charge in [0.05, 0.1) is 5.70 Å². The number of amides is 2. The third-order valence-corrected chi connectivity index (χ3v) is 7.08. The molecule has 5 rings (SSSR count). The van der Waals surface area contributed by atoms with E-state index in [4.69, 9.17) is 9.57 Å². The smallest absolute Gasteiger partial charge is 0.321 e. The van der Waals surface area contributed by atoms with Crippen LogP contribution in [-0.2, 0) is 16.9 Å². The van der Waals surface area contributed by atoms with Crippen molar-refractivity contribution >= 4 is 17.4 Å². The van der Waals surface area contributed by atoms with Crippen LogP contribution in [0.15, 0.2) is 84.9 Å². The van der Waals surface area contributed by atoms with Crippen molar-refractivity contribution in [1.29, 1.82) is 0 Å². The van der Waals surface area contributed by atoms with Crippen LogP contribution in [0, 0.1) is 0 Å². The van der Waals surface area contributed by atoms with Gasteiger partial charge in [0, 0.05) is 31.6 Å². The van der Waals surface area contributed by atoms with E-state index in [-0.39, 0.29) is 17.0 Å². The molecule has 2 amide bonds. The quantitative estimate of drug-likeness (QED) is 0.422. The first-order valence-corrected chi connectivity index (χ1v) is 12.9. The highest BCUT2D eigenvalue weighted by atomic mass is 16.7. The Balaban J connectivity index is 1.12. The maximum atomic E-state index is 12.9. The summed E-state index contributed by atoms with van der Waals surface area (Å²) in [4.78, 5) is 20.8. The number of nitrogens with one attached hydrogen (secondary N) is 2. The lowest BCUT2D eigenvalue weighted by atomic mass is 9.86. The fraction of sp³-hybridized carbons (Fsp3) is 0.323. The van der Waals surface area contributed by atoms with E-state index in [9.17, 15) is 4.79 Å². The van der Waals surface area contributed by atoms with Crippen molar-refractivity contribution in [2.45, 2.75) is 51.2 Å². The fourth-order valence-corrected chi connectivity index (χ4v) is 4.68. The number of carbonyl (C=O) groups is 1. The van der Waals surface area contributed by atoms with Crippen LogP contribution >= 0.6 is 0 Å². The number of rotatable bonds is 5. The molecule has 0 unspecified atom stereocenters. The van der Waals surface area contributed by atoms with Crippen molar-refractivity contribution in [2.24, 2.45) is 0 Å². The van der Waals surface area contributed by atoms with Crippen molar-refractivity contribution in [3.05, 3.63) is 102 Å². The van der Waals surface area contributed by atoms with Gasteiger partial charge in [-0.05, 0) is 52.4 Å². The number of piperidine rings is 1. The zero-order valence-corrected chi connectivity index (χ0v) is 21.8. The second-order valence-electron chi connectivity index (χ2n) is 10.9. The Bertz CT molecular complexity index is 1240. The summed E-state index contributed by atoms with van der Waals surface area (Å²) in [6.45, 7) is 8.41. The highest BCUT2D eigenvalue weighted by Crippen LogP contribution is 2.35. The molecule has 0 atom stereocenters. The van der Waals surface area contributed by atoms with Crippen LogP contribution in [0.5, 0.6) is 5.75 Å². The zero-order chi connectivity index (χ0) is 25.9. The normalized spacial score (nSPS) is 16.7. The van der Waals surface area contributed by atoms with Crippen LogP contribution in [0.1, 0.15) is 50.3 Å². The first kappa shape index (κ1) is 24.9. The molecule has 0 saturated carbocycles. The highest BCUT2D eigenvalue weighted by Gasteiger charge is 2.40. The average Bonchev–Trinajstić information content (AvgIpc) is 3.32. The predicted molar refractivity (Wildman–Crippen MR) is 147 cm³/mol. The van der Waals surface area contributed by atoms with Gasteiger partial charge in [-0.1, -0.05) is 75.4 Å². The number of likely N-dealkylation sites (tertiary alicyclic amines) is 1. The van der Waals surface area contributed by atoms with Crippen molar-refractivity contribution in [1.82, 2.24) is 10.4 Å². The molecular weight excluding hydrogens is 462 g/mol. The number of benzene rings is 3. The van der Waals surface area contributed by atoms with E-state index in [0.29, 0.717) is 19.7 Å². The number of urea groups is 1. The second kappa shape index (κ2) is 10.3. The largest absolute Gasteiger partial charge is 0.489 e. The van der Waals surface area contributed by atoms with Crippen LogP contribution < -0.4 is 15.5 Å². The van der Waals surface area contributed by atoms with Gasteiger partial charge in [-0.25, -0.2) is 4.79 Å². The number of hydrogen-bond donors (Lipinski definition) is 2. The minimum Gasteiger partial charge on any atom is -0.489 e. The molecule has 2 aliphatic heterocycles. The maximum absolute atomic E-state index is 12.9. The van der Waals surface area contributed by atoms with Gasteiger partial charge >= 0.3 is 6.03 Å². The minimum atomic E-state index is -0.382. The molecule has 1 spiro atoms. The summed E-state index contributed by atoms with van der Waals surface area (Å²) in [5.41, 5.74) is 8.15. The molecule has 6 nitrogen and oxygen atoms in total. The van der Waals surface area contributed by atoms with Crippen molar-refractivity contribution < 1.29 is 14.4 Å². The standard InChI is InChI=1S/C31H35N3O3/c1-30(2,3)25-11-9-24(10-12-25)28-21-31(37-33-28)17-19-34(20-18-31)29(35)32-26-13-15-27(16-14-26)36-22-23-7-5-4-6-8-23/h4-16,21,33H,17-20,22H2,1-3H3,(H,32,35). The van der Waals surface area contributed by atoms with Crippen LogP contribution in [0.25, 0.3) is 5.70 Å². The number of ether oxygens (including phenoxy) is 1. The third-order valence-electron chi connectivity index (χ3n) is 7.08. The number of carbonyl (C=O) groups excluding carboxylic acids is 1. The Kier molecular flexibility index (Phi) is 6.94. The van der Waals surface area contributed by atoms with Crippen LogP contribution in [0.2, 0.25) is 0 Å². The predicted octanol–water partition coefficient (Wildman–Crippen LogP) is 6.51. The summed E-state index contributed by atoms with van der Waals surface area (Å²) in [6, 6.07) is 26.1. The lowest BCUT2D eigenvalue weighted by Gasteiger charge is -2.36. The van der Waals surface area contributed by atoms with Gasteiger partial charge in [-0.2, -0.15) is 0 Å². The Morgan fingerprint density at radius 2 is 1.65 bits per heavy atom. The van der Waals surface area contributed by atoms with Gasteiger partial charge in [0.1, 0.15) is 18.0 Å². The molecule has 0 radical (unpaired) electrons. The Hall–Kier alpha value is -3.77. The fourth-order valence-electron chi connectivity index (χ4n) is 4.68. The molecule has 2 aliphatic rings. The summed E-state index contributed by atoms with van der Waals surface area (Å²) in [6.07, 6.45) is 3.66. The van der Waals surface area contributed by atoms with Crippen LogP contribution in [-0.4, -0.2) is 29.6 Å². The highest BCUT2D eigenvalue weighted by molar-refractivity contribution is 5.89. The molecule has 6 heteroatoms. The monoisotopic (exact) mass is 497 g/mol. The van der Waals surface area contributed by atoms with Gasteiger partial charge in [-0.3, -0.25) is 10.3 Å². The number of anilines is 1. The van der Waals surface area contributed by atoms with Gasteiger partial charge < -0.3 is 15.0 Å².